The van der Waals surface area contributed by atoms with Crippen LogP contribution in [0.15, 0.2) is 24.3 Å². The van der Waals surface area contributed by atoms with Crippen molar-refractivity contribution in [2.75, 3.05) is 18.8 Å². The van der Waals surface area contributed by atoms with Gasteiger partial charge in [0.15, 0.2) is 0 Å². The van der Waals surface area contributed by atoms with Crippen molar-refractivity contribution in [2.24, 2.45) is 5.92 Å². The van der Waals surface area contributed by atoms with Crippen molar-refractivity contribution in [2.45, 2.75) is 25.5 Å². The first-order valence-corrected chi connectivity index (χ1v) is 8.33. The maximum Gasteiger partial charge on any atom is 0.303 e. The molecule has 0 aliphatic carbocycles. The number of carboxylic acid groups (broad SMARTS) is 1. The number of rotatable bonds is 6. The quantitative estimate of drug-likeness (QED) is 0.877. The summed E-state index contributed by atoms with van der Waals surface area (Å²) in [5.74, 6) is 0.768. The van der Waals surface area contributed by atoms with Crippen LogP contribution in [0.2, 0.25) is 0 Å². The topological polar surface area (TPSA) is 57.6 Å². The van der Waals surface area contributed by atoms with Gasteiger partial charge in [-0.05, 0) is 24.8 Å². The first-order valence-electron chi connectivity index (χ1n) is 7.17. The molecule has 2 rings (SSSR count). The van der Waals surface area contributed by atoms with Gasteiger partial charge in [0, 0.05) is 25.3 Å². The van der Waals surface area contributed by atoms with Crippen LogP contribution in [0.5, 0.6) is 0 Å². The predicted octanol–water partition coefficient (Wildman–Crippen LogP) is 2.55. The second-order valence-corrected chi connectivity index (χ2v) is 6.56. The number of thioether (sulfide) groups is 1. The van der Waals surface area contributed by atoms with Gasteiger partial charge in [-0.15, -0.1) is 11.8 Å². The van der Waals surface area contributed by atoms with E-state index >= 15 is 0 Å². The van der Waals surface area contributed by atoms with Crippen molar-refractivity contribution in [3.8, 4) is 0 Å². The number of carboxylic acids is 1. The molecule has 1 heterocycles. The summed E-state index contributed by atoms with van der Waals surface area (Å²) in [5, 5.41) is 8.78. The molecule has 1 atom stereocenters. The van der Waals surface area contributed by atoms with E-state index in [1.54, 1.807) is 16.7 Å². The van der Waals surface area contributed by atoms with Crippen LogP contribution in [0.3, 0.4) is 0 Å². The van der Waals surface area contributed by atoms with Gasteiger partial charge in [0.2, 0.25) is 5.91 Å². The minimum atomic E-state index is -0.775. The third-order valence-electron chi connectivity index (χ3n) is 3.68. The van der Waals surface area contributed by atoms with Crippen LogP contribution >= 0.6 is 11.8 Å². The molecular formula is C16H21NO3S. The van der Waals surface area contributed by atoms with E-state index in [-0.39, 0.29) is 18.2 Å². The largest absolute Gasteiger partial charge is 0.481 e. The molecule has 0 aromatic heterocycles. The Morgan fingerprint density at radius 3 is 2.95 bits per heavy atom. The third kappa shape index (κ3) is 5.08. The number of carbonyl (C=O) groups is 2. The van der Waals surface area contributed by atoms with Crippen LogP contribution in [-0.4, -0.2) is 40.7 Å². The lowest BCUT2D eigenvalue weighted by molar-refractivity contribution is -0.138. The molecule has 1 amide bonds. The third-order valence-corrected chi connectivity index (χ3v) is 4.67. The number of carbonyl (C=O) groups excluding carboxylic acids is 1. The zero-order valence-corrected chi connectivity index (χ0v) is 13.1. The van der Waals surface area contributed by atoms with Crippen LogP contribution in [0.1, 0.15) is 24.0 Å². The molecule has 1 saturated heterocycles. The molecule has 4 nitrogen and oxygen atoms in total. The molecule has 1 aliphatic heterocycles. The normalized spacial score (nSPS) is 18.0. The van der Waals surface area contributed by atoms with Crippen molar-refractivity contribution in [3.63, 3.8) is 0 Å². The summed E-state index contributed by atoms with van der Waals surface area (Å²) >= 11 is 1.62. The number of aryl methyl sites for hydroxylation is 1. The Kier molecular flexibility index (Phi) is 5.67. The van der Waals surface area contributed by atoms with E-state index in [0.29, 0.717) is 18.8 Å². The Balaban J connectivity index is 1.72. The second-order valence-electron chi connectivity index (χ2n) is 5.57. The van der Waals surface area contributed by atoms with Crippen LogP contribution in [0.4, 0.5) is 0 Å². The van der Waals surface area contributed by atoms with Crippen LogP contribution in [0.25, 0.3) is 0 Å². The Morgan fingerprint density at radius 2 is 2.24 bits per heavy atom. The standard InChI is InChI=1S/C16H21NO3S/c1-12-3-2-4-14(7-12)10-21-11-15(18)17-6-5-13(9-17)8-16(19)20/h2-4,7,13H,5-6,8-11H2,1H3,(H,19,20). The number of nitrogens with zero attached hydrogens (tertiary/aromatic N) is 1. The van der Waals surface area contributed by atoms with Gasteiger partial charge < -0.3 is 10.0 Å². The smallest absolute Gasteiger partial charge is 0.303 e. The van der Waals surface area contributed by atoms with Crippen LogP contribution < -0.4 is 0 Å². The van der Waals surface area contributed by atoms with E-state index in [1.807, 2.05) is 6.07 Å². The minimum absolute atomic E-state index is 0.119. The highest BCUT2D eigenvalue weighted by Gasteiger charge is 2.27. The number of likely N-dealkylation sites (tertiary alicyclic amines) is 1. The second kappa shape index (κ2) is 7.50. The first kappa shape index (κ1) is 15.9. The fraction of sp³-hybridized carbons (Fsp3) is 0.500. The van der Waals surface area contributed by atoms with Crippen molar-refractivity contribution in [1.82, 2.24) is 4.90 Å². The monoisotopic (exact) mass is 307 g/mol. The molecule has 1 N–H and O–H groups in total. The summed E-state index contributed by atoms with van der Waals surface area (Å²) in [4.78, 5) is 24.6. The van der Waals surface area contributed by atoms with Gasteiger partial charge in [-0.3, -0.25) is 9.59 Å². The predicted molar refractivity (Wildman–Crippen MR) is 84.3 cm³/mol. The summed E-state index contributed by atoms with van der Waals surface area (Å²) in [6.07, 6.45) is 0.973. The Labute approximate surface area is 129 Å². The molecule has 1 aromatic rings. The van der Waals surface area contributed by atoms with Crippen molar-refractivity contribution >= 4 is 23.6 Å². The first-order chi connectivity index (χ1) is 10.0. The van der Waals surface area contributed by atoms with E-state index < -0.39 is 5.97 Å². The maximum atomic E-state index is 12.1. The van der Waals surface area contributed by atoms with Gasteiger partial charge in [-0.1, -0.05) is 29.8 Å². The number of hydrogen-bond acceptors (Lipinski definition) is 3. The lowest BCUT2D eigenvalue weighted by atomic mass is 10.1. The van der Waals surface area contributed by atoms with Gasteiger partial charge in [0.05, 0.1) is 5.75 Å². The number of amides is 1. The van der Waals surface area contributed by atoms with Crippen molar-refractivity contribution in [3.05, 3.63) is 35.4 Å². The van der Waals surface area contributed by atoms with E-state index in [1.165, 1.54) is 11.1 Å². The van der Waals surface area contributed by atoms with Crippen molar-refractivity contribution in [1.29, 1.82) is 0 Å². The van der Waals surface area contributed by atoms with Gasteiger partial charge in [0.25, 0.3) is 0 Å². The van der Waals surface area contributed by atoms with Crippen LogP contribution in [0, 0.1) is 12.8 Å². The molecule has 0 radical (unpaired) electrons. The molecule has 1 unspecified atom stereocenters. The summed E-state index contributed by atoms with van der Waals surface area (Å²) in [6, 6.07) is 8.30. The fourth-order valence-electron chi connectivity index (χ4n) is 2.62. The van der Waals surface area contributed by atoms with E-state index in [0.717, 1.165) is 12.2 Å². The Bertz CT molecular complexity index is 518. The van der Waals surface area contributed by atoms with Crippen LogP contribution in [-0.2, 0) is 15.3 Å². The molecule has 0 bridgehead atoms. The molecule has 5 heteroatoms. The highest BCUT2D eigenvalue weighted by molar-refractivity contribution is 7.99. The van der Waals surface area contributed by atoms with Crippen molar-refractivity contribution < 1.29 is 14.7 Å². The summed E-state index contributed by atoms with van der Waals surface area (Å²) in [6.45, 7) is 3.35. The number of hydrogen-bond donors (Lipinski definition) is 1. The summed E-state index contributed by atoms with van der Waals surface area (Å²) in [7, 11) is 0. The molecule has 1 fully saturated rings. The van der Waals surface area contributed by atoms with E-state index in [9.17, 15) is 9.59 Å². The van der Waals surface area contributed by atoms with Gasteiger partial charge in [-0.2, -0.15) is 0 Å². The number of benzene rings is 1. The molecular weight excluding hydrogens is 286 g/mol. The molecule has 21 heavy (non-hydrogen) atoms. The molecule has 114 valence electrons. The average molecular weight is 307 g/mol. The van der Waals surface area contributed by atoms with Gasteiger partial charge in [-0.25, -0.2) is 0 Å². The Hall–Kier alpha value is -1.49. The van der Waals surface area contributed by atoms with E-state index in [2.05, 4.69) is 25.1 Å². The lowest BCUT2D eigenvalue weighted by Crippen LogP contribution is -2.30. The highest BCUT2D eigenvalue weighted by atomic mass is 32.2. The number of aliphatic carboxylic acids is 1. The SMILES string of the molecule is Cc1cccc(CSCC(=O)N2CCC(CC(=O)O)C2)c1. The molecule has 1 aromatic carbocycles. The maximum absolute atomic E-state index is 12.1. The van der Waals surface area contributed by atoms with Gasteiger partial charge >= 0.3 is 5.97 Å². The molecule has 0 spiro atoms. The zero-order valence-electron chi connectivity index (χ0n) is 12.2. The Morgan fingerprint density at radius 1 is 1.43 bits per heavy atom. The average Bonchev–Trinajstić information content (AvgIpc) is 2.86. The zero-order chi connectivity index (χ0) is 15.2. The highest BCUT2D eigenvalue weighted by Crippen LogP contribution is 2.21. The lowest BCUT2D eigenvalue weighted by Gasteiger charge is -2.16. The summed E-state index contributed by atoms with van der Waals surface area (Å²) < 4.78 is 0. The summed E-state index contributed by atoms with van der Waals surface area (Å²) in [5.41, 5.74) is 2.47. The molecule has 0 saturated carbocycles. The fourth-order valence-corrected chi connectivity index (χ4v) is 3.50. The minimum Gasteiger partial charge on any atom is -0.481 e. The van der Waals surface area contributed by atoms with Gasteiger partial charge in [0.1, 0.15) is 0 Å². The van der Waals surface area contributed by atoms with E-state index in [4.69, 9.17) is 5.11 Å². The molecule has 1 aliphatic rings.